The van der Waals surface area contributed by atoms with Crippen LogP contribution in [0, 0.1) is 12.8 Å². The van der Waals surface area contributed by atoms with Crippen molar-refractivity contribution in [3.05, 3.63) is 57.0 Å². The number of carbonyl (C=O) groups excluding carboxylic acids is 2. The van der Waals surface area contributed by atoms with Crippen LogP contribution in [-0.4, -0.2) is 38.5 Å². The van der Waals surface area contributed by atoms with Crippen LogP contribution in [0.4, 0.5) is 11.4 Å². The molecular weight excluding hydrogens is 469 g/mol. The van der Waals surface area contributed by atoms with E-state index in [1.807, 2.05) is 19.1 Å². The zero-order chi connectivity index (χ0) is 23.8. The summed E-state index contributed by atoms with van der Waals surface area (Å²) in [5.74, 6) is 0.271. The van der Waals surface area contributed by atoms with E-state index in [9.17, 15) is 9.59 Å². The molecule has 0 aliphatic rings. The zero-order valence-electron chi connectivity index (χ0n) is 18.9. The summed E-state index contributed by atoms with van der Waals surface area (Å²) in [5.41, 5.74) is 2.29. The molecule has 8 heteroatoms. The van der Waals surface area contributed by atoms with Gasteiger partial charge in [-0.2, -0.15) is 0 Å². The zero-order valence-corrected chi connectivity index (χ0v) is 21.2. The van der Waals surface area contributed by atoms with Gasteiger partial charge in [0.2, 0.25) is 11.8 Å². The third-order valence-corrected chi connectivity index (χ3v) is 6.08. The summed E-state index contributed by atoms with van der Waals surface area (Å²) in [6, 6.07) is 10.4. The summed E-state index contributed by atoms with van der Waals surface area (Å²) in [4.78, 5) is 29.0. The highest BCUT2D eigenvalue weighted by Gasteiger charge is 2.20. The third kappa shape index (κ3) is 7.88. The van der Waals surface area contributed by atoms with Crippen LogP contribution in [0.15, 0.2) is 36.4 Å². The molecule has 1 N–H and O–H groups in total. The topological polar surface area (TPSA) is 52.7 Å². The van der Waals surface area contributed by atoms with Crippen molar-refractivity contribution in [3.8, 4) is 0 Å². The van der Waals surface area contributed by atoms with Crippen LogP contribution in [0.3, 0.4) is 0 Å². The molecule has 0 unspecified atom stereocenters. The van der Waals surface area contributed by atoms with Gasteiger partial charge in [-0.05, 0) is 67.6 Å². The number of aryl methyl sites for hydroxylation is 1. The first-order valence-corrected chi connectivity index (χ1v) is 11.7. The molecule has 2 aromatic rings. The van der Waals surface area contributed by atoms with Crippen molar-refractivity contribution in [2.45, 2.75) is 33.6 Å². The van der Waals surface area contributed by atoms with Crippen LogP contribution >= 0.6 is 34.8 Å². The molecule has 5 nitrogen and oxygen atoms in total. The Balaban J connectivity index is 2.15. The van der Waals surface area contributed by atoms with Crippen LogP contribution < -0.4 is 15.1 Å². The van der Waals surface area contributed by atoms with Crippen LogP contribution in [0.5, 0.6) is 0 Å². The van der Waals surface area contributed by atoms with Gasteiger partial charge in [0, 0.05) is 30.0 Å². The molecule has 32 heavy (non-hydrogen) atoms. The maximum atomic E-state index is 13.1. The van der Waals surface area contributed by atoms with Crippen molar-refractivity contribution < 1.29 is 9.59 Å². The first-order chi connectivity index (χ1) is 15.1. The Hall–Kier alpha value is -1.95. The van der Waals surface area contributed by atoms with Gasteiger partial charge in [-0.25, -0.2) is 0 Å². The molecule has 0 atom stereocenters. The first kappa shape index (κ1) is 26.3. The monoisotopic (exact) mass is 497 g/mol. The Morgan fingerprint density at radius 3 is 2.34 bits per heavy atom. The lowest BCUT2D eigenvalue weighted by Gasteiger charge is -2.28. The molecule has 0 aliphatic heterocycles. The van der Waals surface area contributed by atoms with Gasteiger partial charge in [-0.1, -0.05) is 48.7 Å². The highest BCUT2D eigenvalue weighted by molar-refractivity contribution is 6.42. The average molecular weight is 499 g/mol. The summed E-state index contributed by atoms with van der Waals surface area (Å²) >= 11 is 18.2. The van der Waals surface area contributed by atoms with Crippen molar-refractivity contribution in [2.75, 3.05) is 36.5 Å². The van der Waals surface area contributed by atoms with E-state index in [0.29, 0.717) is 33.2 Å². The molecule has 0 saturated heterocycles. The van der Waals surface area contributed by atoms with E-state index in [4.69, 9.17) is 34.8 Å². The fourth-order valence-electron chi connectivity index (χ4n) is 3.27. The number of nitrogens with one attached hydrogen (secondary N) is 1. The number of rotatable bonds is 10. The number of amides is 2. The highest BCUT2D eigenvalue weighted by atomic mass is 35.5. The number of hydrogen-bond donors (Lipinski definition) is 1. The molecule has 0 saturated carbocycles. The van der Waals surface area contributed by atoms with Gasteiger partial charge in [-0.3, -0.25) is 9.59 Å². The van der Waals surface area contributed by atoms with Crippen LogP contribution in [0.25, 0.3) is 0 Å². The van der Waals surface area contributed by atoms with E-state index < -0.39 is 0 Å². The maximum absolute atomic E-state index is 13.1. The van der Waals surface area contributed by atoms with Crippen molar-refractivity contribution in [3.63, 3.8) is 0 Å². The average Bonchev–Trinajstić information content (AvgIpc) is 2.72. The second kappa shape index (κ2) is 12.3. The van der Waals surface area contributed by atoms with Gasteiger partial charge < -0.3 is 15.1 Å². The highest BCUT2D eigenvalue weighted by Crippen LogP contribution is 2.28. The number of hydrogen-bond acceptors (Lipinski definition) is 3. The number of anilines is 2. The van der Waals surface area contributed by atoms with Crippen LogP contribution in [0.1, 0.15) is 32.3 Å². The maximum Gasteiger partial charge on any atom is 0.246 e. The second-order valence-corrected chi connectivity index (χ2v) is 9.47. The van der Waals surface area contributed by atoms with Gasteiger partial charge in [0.1, 0.15) is 0 Å². The summed E-state index contributed by atoms with van der Waals surface area (Å²) in [6.45, 7) is 6.90. The lowest BCUT2D eigenvalue weighted by Crippen LogP contribution is -2.44. The van der Waals surface area contributed by atoms with E-state index >= 15 is 0 Å². The predicted octanol–water partition coefficient (Wildman–Crippen LogP) is 5.98. The smallest absolute Gasteiger partial charge is 0.246 e. The fraction of sp³-hybridized carbons (Fsp3) is 0.417. The normalized spacial score (nSPS) is 10.9. The Kier molecular flexibility index (Phi) is 10.1. The van der Waals surface area contributed by atoms with Gasteiger partial charge in [0.25, 0.3) is 0 Å². The minimum atomic E-state index is -0.189. The molecular formula is C24H30Cl3N3O2. The molecule has 0 heterocycles. The minimum absolute atomic E-state index is 0.0125. The summed E-state index contributed by atoms with van der Waals surface area (Å²) in [5, 5.41) is 4.34. The number of nitrogens with zero attached hydrogens (tertiary/aromatic N) is 2. The fourth-order valence-corrected chi connectivity index (χ4v) is 3.79. The van der Waals surface area contributed by atoms with E-state index in [0.717, 1.165) is 24.1 Å². The number of likely N-dealkylation sites (N-methyl/N-ethyl adjacent to an activating group) is 1. The standard InChI is InChI=1S/C24H30Cl3N3O2/c1-16(2)6-5-11-28-23(31)14-30(22-10-7-18(25)12-17(22)3)15-24(32)29(4)19-8-9-20(26)21(27)13-19/h7-10,12-13,16H,5-6,11,14-15H2,1-4H3,(H,28,31). The van der Waals surface area contributed by atoms with Crippen molar-refractivity contribution >= 4 is 58.0 Å². The van der Waals surface area contributed by atoms with E-state index in [1.54, 1.807) is 36.2 Å². The molecule has 0 spiro atoms. The van der Waals surface area contributed by atoms with E-state index in [1.165, 1.54) is 4.90 Å². The van der Waals surface area contributed by atoms with Crippen LogP contribution in [-0.2, 0) is 9.59 Å². The van der Waals surface area contributed by atoms with Gasteiger partial charge in [0.05, 0.1) is 23.1 Å². The Bertz CT molecular complexity index is 950. The molecule has 174 valence electrons. The van der Waals surface area contributed by atoms with Crippen LogP contribution in [0.2, 0.25) is 15.1 Å². The number of carbonyl (C=O) groups is 2. The van der Waals surface area contributed by atoms with Gasteiger partial charge in [-0.15, -0.1) is 0 Å². The lowest BCUT2D eigenvalue weighted by molar-refractivity contribution is -0.119. The molecule has 2 rings (SSSR count). The Morgan fingerprint density at radius 2 is 1.72 bits per heavy atom. The summed E-state index contributed by atoms with van der Waals surface area (Å²) in [6.07, 6.45) is 1.97. The largest absolute Gasteiger partial charge is 0.355 e. The van der Waals surface area contributed by atoms with Crippen molar-refractivity contribution in [2.24, 2.45) is 5.92 Å². The molecule has 0 bridgehead atoms. The van der Waals surface area contributed by atoms with Gasteiger partial charge in [0.15, 0.2) is 0 Å². The Labute approximate surface area is 205 Å². The SMILES string of the molecule is Cc1cc(Cl)ccc1N(CC(=O)NCCCC(C)C)CC(=O)N(C)c1ccc(Cl)c(Cl)c1. The van der Waals surface area contributed by atoms with Crippen molar-refractivity contribution in [1.29, 1.82) is 0 Å². The molecule has 2 amide bonds. The number of halogens is 3. The third-order valence-electron chi connectivity index (χ3n) is 5.11. The molecule has 0 fully saturated rings. The molecule has 0 radical (unpaired) electrons. The number of benzene rings is 2. The van der Waals surface area contributed by atoms with E-state index in [2.05, 4.69) is 19.2 Å². The minimum Gasteiger partial charge on any atom is -0.355 e. The van der Waals surface area contributed by atoms with E-state index in [-0.39, 0.29) is 24.9 Å². The Morgan fingerprint density at radius 1 is 1.00 bits per heavy atom. The summed E-state index contributed by atoms with van der Waals surface area (Å²) < 4.78 is 0. The van der Waals surface area contributed by atoms with Crippen molar-refractivity contribution in [1.82, 2.24) is 5.32 Å². The summed E-state index contributed by atoms with van der Waals surface area (Å²) in [7, 11) is 1.67. The predicted molar refractivity (Wildman–Crippen MR) is 135 cm³/mol. The molecule has 0 aromatic heterocycles. The quantitative estimate of drug-likeness (QED) is 0.410. The first-order valence-electron chi connectivity index (χ1n) is 10.6. The molecule has 0 aliphatic carbocycles. The van der Waals surface area contributed by atoms with Gasteiger partial charge >= 0.3 is 0 Å². The molecule has 2 aromatic carbocycles. The second-order valence-electron chi connectivity index (χ2n) is 8.22. The lowest BCUT2D eigenvalue weighted by atomic mass is 10.1.